The first-order chi connectivity index (χ1) is 16.9. The van der Waals surface area contributed by atoms with Crippen molar-refractivity contribution in [3.63, 3.8) is 0 Å². The minimum absolute atomic E-state index is 0.0757. The third kappa shape index (κ3) is 4.25. The Morgan fingerprint density at radius 2 is 1.66 bits per heavy atom. The zero-order valence-corrected chi connectivity index (χ0v) is 19.4. The van der Waals surface area contributed by atoms with E-state index in [2.05, 4.69) is 17.4 Å². The topological polar surface area (TPSA) is 95.9 Å². The second kappa shape index (κ2) is 9.25. The van der Waals surface area contributed by atoms with Crippen molar-refractivity contribution in [1.82, 2.24) is 4.90 Å². The summed E-state index contributed by atoms with van der Waals surface area (Å²) in [6, 6.07) is 20.4. The van der Waals surface area contributed by atoms with Crippen molar-refractivity contribution in [3.8, 4) is 11.1 Å². The fraction of sp³-hybridized carbons (Fsp3) is 0.250. The minimum atomic E-state index is -1.02. The molecule has 1 aliphatic carbocycles. The molecule has 1 aliphatic heterocycles. The van der Waals surface area contributed by atoms with Crippen LogP contribution in [-0.4, -0.2) is 47.2 Å². The van der Waals surface area contributed by atoms with E-state index < -0.39 is 24.0 Å². The molecule has 0 radical (unpaired) electrons. The van der Waals surface area contributed by atoms with Crippen LogP contribution in [0.3, 0.4) is 0 Å². The Bertz CT molecular complexity index is 1270. The van der Waals surface area contributed by atoms with Gasteiger partial charge in [-0.15, -0.1) is 0 Å². The summed E-state index contributed by atoms with van der Waals surface area (Å²) in [6.45, 7) is 2.36. The minimum Gasteiger partial charge on any atom is -0.480 e. The van der Waals surface area contributed by atoms with E-state index in [1.807, 2.05) is 43.3 Å². The molecule has 1 fully saturated rings. The number of rotatable bonds is 5. The molecule has 2 aliphatic rings. The summed E-state index contributed by atoms with van der Waals surface area (Å²) < 4.78 is 5.62. The molecule has 1 saturated heterocycles. The van der Waals surface area contributed by atoms with Gasteiger partial charge in [0.05, 0.1) is 11.3 Å². The molecule has 0 unspecified atom stereocenters. The normalized spacial score (nSPS) is 16.5. The molecule has 178 valence electrons. The maximum atomic E-state index is 13.2. The van der Waals surface area contributed by atoms with Gasteiger partial charge in [-0.3, -0.25) is 10.1 Å². The average molecular weight is 471 g/mol. The highest BCUT2D eigenvalue weighted by Gasteiger charge is 2.35. The molecule has 1 heterocycles. The molecule has 0 spiro atoms. The zero-order chi connectivity index (χ0) is 24.5. The average Bonchev–Trinajstić information content (AvgIpc) is 3.47. The zero-order valence-electron chi connectivity index (χ0n) is 19.4. The summed E-state index contributed by atoms with van der Waals surface area (Å²) in [5.41, 5.74) is 5.89. The van der Waals surface area contributed by atoms with E-state index in [0.717, 1.165) is 27.8 Å². The standard InChI is InChI=1S/C28H26N2O5/c1-17-12-13-24(22(15-17)26(31)30-14-6-11-25(30)27(32)33)29-28(34)35-16-23-20-9-4-2-7-18(20)19-8-3-5-10-21(19)23/h2-5,7-10,12-13,15,23,25H,6,11,14,16H2,1H3,(H,29,34)(H,32,33)/t25-/m0/s1. The molecular weight excluding hydrogens is 444 g/mol. The lowest BCUT2D eigenvalue weighted by Crippen LogP contribution is -2.40. The van der Waals surface area contributed by atoms with Crippen molar-refractivity contribution in [2.75, 3.05) is 18.5 Å². The van der Waals surface area contributed by atoms with Crippen LogP contribution in [0.2, 0.25) is 0 Å². The number of aliphatic carboxylic acids is 1. The van der Waals surface area contributed by atoms with Crippen LogP contribution in [0.25, 0.3) is 11.1 Å². The summed E-state index contributed by atoms with van der Waals surface area (Å²) in [7, 11) is 0. The number of fused-ring (bicyclic) bond motifs is 3. The van der Waals surface area contributed by atoms with Crippen LogP contribution in [0.1, 0.15) is 45.8 Å². The van der Waals surface area contributed by atoms with Gasteiger partial charge in [0, 0.05) is 12.5 Å². The molecule has 5 rings (SSSR count). The number of likely N-dealkylation sites (tertiary alicyclic amines) is 1. The number of hydrogen-bond donors (Lipinski definition) is 2. The molecular formula is C28H26N2O5. The Morgan fingerprint density at radius 3 is 2.31 bits per heavy atom. The predicted octanol–water partition coefficient (Wildman–Crippen LogP) is 5.05. The predicted molar refractivity (Wildman–Crippen MR) is 132 cm³/mol. The van der Waals surface area contributed by atoms with E-state index in [1.165, 1.54) is 4.90 Å². The number of nitrogens with zero attached hydrogens (tertiary/aromatic N) is 1. The molecule has 0 bridgehead atoms. The number of carbonyl (C=O) groups is 3. The third-order valence-corrected chi connectivity index (χ3v) is 6.78. The van der Waals surface area contributed by atoms with Crippen molar-refractivity contribution in [2.24, 2.45) is 0 Å². The van der Waals surface area contributed by atoms with Gasteiger partial charge in [0.25, 0.3) is 5.91 Å². The molecule has 0 saturated carbocycles. The van der Waals surface area contributed by atoms with E-state index in [9.17, 15) is 19.5 Å². The number of aryl methyl sites for hydroxylation is 1. The Hall–Kier alpha value is -4.13. The summed E-state index contributed by atoms with van der Waals surface area (Å²) in [5, 5.41) is 12.2. The van der Waals surface area contributed by atoms with Crippen LogP contribution in [0.5, 0.6) is 0 Å². The van der Waals surface area contributed by atoms with Gasteiger partial charge in [0.15, 0.2) is 0 Å². The van der Waals surface area contributed by atoms with E-state index >= 15 is 0 Å². The van der Waals surface area contributed by atoms with Crippen LogP contribution in [-0.2, 0) is 9.53 Å². The number of carbonyl (C=O) groups excluding carboxylic acids is 2. The van der Waals surface area contributed by atoms with Crippen LogP contribution in [0.4, 0.5) is 10.5 Å². The first-order valence-electron chi connectivity index (χ1n) is 11.7. The maximum absolute atomic E-state index is 13.2. The van der Waals surface area contributed by atoms with Crippen LogP contribution in [0.15, 0.2) is 66.7 Å². The third-order valence-electron chi connectivity index (χ3n) is 6.78. The summed E-state index contributed by atoms with van der Waals surface area (Å²) >= 11 is 0. The fourth-order valence-corrected chi connectivity index (χ4v) is 5.11. The largest absolute Gasteiger partial charge is 0.480 e. The highest BCUT2D eigenvalue weighted by atomic mass is 16.5. The molecule has 2 N–H and O–H groups in total. The summed E-state index contributed by atoms with van der Waals surface area (Å²) in [5.74, 6) is -1.50. The van der Waals surface area contributed by atoms with E-state index in [1.54, 1.807) is 18.2 Å². The molecule has 7 nitrogen and oxygen atoms in total. The lowest BCUT2D eigenvalue weighted by molar-refractivity contribution is -0.141. The summed E-state index contributed by atoms with van der Waals surface area (Å²) in [4.78, 5) is 39.0. The van der Waals surface area contributed by atoms with Crippen LogP contribution >= 0.6 is 0 Å². The number of carboxylic acids is 1. The number of nitrogens with one attached hydrogen (secondary N) is 1. The molecule has 7 heteroatoms. The van der Waals surface area contributed by atoms with Gasteiger partial charge in [0.1, 0.15) is 12.6 Å². The van der Waals surface area contributed by atoms with Gasteiger partial charge < -0.3 is 14.7 Å². The van der Waals surface area contributed by atoms with Gasteiger partial charge >= 0.3 is 12.1 Å². The maximum Gasteiger partial charge on any atom is 0.411 e. The van der Waals surface area contributed by atoms with Crippen molar-refractivity contribution in [2.45, 2.75) is 31.7 Å². The Balaban J connectivity index is 1.33. The van der Waals surface area contributed by atoms with Crippen molar-refractivity contribution in [3.05, 3.63) is 89.0 Å². The number of anilines is 1. The Labute approximate surface area is 203 Å². The van der Waals surface area contributed by atoms with E-state index in [-0.39, 0.29) is 18.1 Å². The number of carboxylic acid groups (broad SMARTS) is 1. The van der Waals surface area contributed by atoms with Gasteiger partial charge in [-0.05, 0) is 54.2 Å². The highest BCUT2D eigenvalue weighted by Crippen LogP contribution is 2.44. The second-order valence-corrected chi connectivity index (χ2v) is 8.99. The number of benzene rings is 3. The molecule has 3 aromatic rings. The fourth-order valence-electron chi connectivity index (χ4n) is 5.11. The number of ether oxygens (including phenoxy) is 1. The number of amides is 2. The van der Waals surface area contributed by atoms with Crippen LogP contribution < -0.4 is 5.32 Å². The lowest BCUT2D eigenvalue weighted by atomic mass is 9.98. The summed E-state index contributed by atoms with van der Waals surface area (Å²) in [6.07, 6.45) is 0.382. The number of hydrogen-bond acceptors (Lipinski definition) is 4. The molecule has 3 aromatic carbocycles. The van der Waals surface area contributed by atoms with Crippen molar-refractivity contribution in [1.29, 1.82) is 0 Å². The van der Waals surface area contributed by atoms with Crippen molar-refractivity contribution < 1.29 is 24.2 Å². The monoisotopic (exact) mass is 470 g/mol. The first-order valence-corrected chi connectivity index (χ1v) is 11.7. The van der Waals surface area contributed by atoms with Crippen LogP contribution in [0, 0.1) is 6.92 Å². The molecule has 35 heavy (non-hydrogen) atoms. The highest BCUT2D eigenvalue weighted by molar-refractivity contribution is 6.04. The van der Waals surface area contributed by atoms with Gasteiger partial charge in [-0.1, -0.05) is 60.2 Å². The molecule has 2 amide bonds. The van der Waals surface area contributed by atoms with Crippen molar-refractivity contribution >= 4 is 23.7 Å². The smallest absolute Gasteiger partial charge is 0.411 e. The van der Waals surface area contributed by atoms with Gasteiger partial charge in [-0.2, -0.15) is 0 Å². The lowest BCUT2D eigenvalue weighted by Gasteiger charge is -2.23. The van der Waals surface area contributed by atoms with E-state index in [4.69, 9.17) is 4.74 Å². The molecule has 1 atom stereocenters. The molecule has 0 aromatic heterocycles. The second-order valence-electron chi connectivity index (χ2n) is 8.99. The quantitative estimate of drug-likeness (QED) is 0.544. The van der Waals surface area contributed by atoms with Gasteiger partial charge in [0.2, 0.25) is 0 Å². The Morgan fingerprint density at radius 1 is 1.00 bits per heavy atom. The SMILES string of the molecule is Cc1ccc(NC(=O)OCC2c3ccccc3-c3ccccc32)c(C(=O)N2CCC[C@H]2C(=O)O)c1. The van der Waals surface area contributed by atoms with Gasteiger partial charge in [-0.25, -0.2) is 9.59 Å². The van der Waals surface area contributed by atoms with E-state index in [0.29, 0.717) is 25.1 Å². The Kier molecular flexibility index (Phi) is 5.99. The first kappa shape index (κ1) is 22.7.